The molecule has 1 amide bonds. The van der Waals surface area contributed by atoms with Crippen LogP contribution in [-0.2, 0) is 9.84 Å². The number of carbonyl (C=O) groups excluding carboxylic acids is 1. The molecular formula is C18H18ClNO3S. The minimum atomic E-state index is -3.48. The highest BCUT2D eigenvalue weighted by molar-refractivity contribution is 7.90. The van der Waals surface area contributed by atoms with Crippen LogP contribution in [0, 0.1) is 0 Å². The summed E-state index contributed by atoms with van der Waals surface area (Å²) in [5, 5.41) is 0.134. The summed E-state index contributed by atoms with van der Waals surface area (Å²) < 4.78 is 23.7. The van der Waals surface area contributed by atoms with Crippen LogP contribution in [0.4, 0.5) is 0 Å². The van der Waals surface area contributed by atoms with Crippen LogP contribution in [0.1, 0.15) is 34.8 Å². The van der Waals surface area contributed by atoms with Gasteiger partial charge in [0, 0.05) is 18.4 Å². The van der Waals surface area contributed by atoms with Gasteiger partial charge in [0.25, 0.3) is 5.91 Å². The molecule has 0 bridgehead atoms. The van der Waals surface area contributed by atoms with Gasteiger partial charge in [-0.25, -0.2) is 8.42 Å². The van der Waals surface area contributed by atoms with Crippen molar-refractivity contribution in [2.24, 2.45) is 0 Å². The number of halogens is 1. The van der Waals surface area contributed by atoms with E-state index in [1.165, 1.54) is 12.1 Å². The first-order valence-corrected chi connectivity index (χ1v) is 10.0. The average Bonchev–Trinajstić information content (AvgIpc) is 3.04. The van der Waals surface area contributed by atoms with Crippen LogP contribution in [0.3, 0.4) is 0 Å². The monoisotopic (exact) mass is 363 g/mol. The van der Waals surface area contributed by atoms with Crippen molar-refractivity contribution in [1.29, 1.82) is 0 Å². The first kappa shape index (κ1) is 17.0. The molecule has 1 unspecified atom stereocenters. The van der Waals surface area contributed by atoms with Crippen molar-refractivity contribution in [2.45, 2.75) is 23.8 Å². The highest BCUT2D eigenvalue weighted by atomic mass is 35.5. The number of nitrogens with zero attached hydrogens (tertiary/aromatic N) is 1. The predicted molar refractivity (Wildman–Crippen MR) is 94.0 cm³/mol. The van der Waals surface area contributed by atoms with Crippen LogP contribution < -0.4 is 0 Å². The second-order valence-corrected chi connectivity index (χ2v) is 8.38. The molecular weight excluding hydrogens is 346 g/mol. The minimum Gasteiger partial charge on any atom is -0.332 e. The molecule has 1 aliphatic heterocycles. The summed E-state index contributed by atoms with van der Waals surface area (Å²) in [5.41, 5.74) is 1.45. The summed E-state index contributed by atoms with van der Waals surface area (Å²) in [6.45, 7) is 0.662. The Hall–Kier alpha value is -1.85. The van der Waals surface area contributed by atoms with Gasteiger partial charge in [-0.1, -0.05) is 41.9 Å². The summed E-state index contributed by atoms with van der Waals surface area (Å²) in [4.78, 5) is 14.7. The Morgan fingerprint density at radius 3 is 2.54 bits per heavy atom. The normalized spacial score (nSPS) is 17.9. The molecule has 2 aromatic rings. The second-order valence-electron chi connectivity index (χ2n) is 5.98. The molecule has 0 aromatic heterocycles. The Bertz CT molecular complexity index is 865. The molecule has 0 spiro atoms. The number of hydrogen-bond acceptors (Lipinski definition) is 3. The smallest absolute Gasteiger partial charge is 0.254 e. The van der Waals surface area contributed by atoms with E-state index in [2.05, 4.69) is 0 Å². The van der Waals surface area contributed by atoms with Crippen molar-refractivity contribution in [3.05, 3.63) is 64.7 Å². The van der Waals surface area contributed by atoms with E-state index < -0.39 is 9.84 Å². The van der Waals surface area contributed by atoms with Gasteiger partial charge in [0.05, 0.1) is 16.0 Å². The van der Waals surface area contributed by atoms with Gasteiger partial charge in [-0.15, -0.1) is 0 Å². The van der Waals surface area contributed by atoms with E-state index in [0.717, 1.165) is 24.7 Å². The standard InChI is InChI=1S/C18H18ClNO3S/c1-24(22,23)17-12-14(9-10-15(17)19)18(21)20-11-5-8-16(20)13-6-3-2-4-7-13/h2-4,6-7,9-10,12,16H,5,8,11H2,1H3. The number of carbonyl (C=O) groups is 1. The zero-order valence-electron chi connectivity index (χ0n) is 13.3. The lowest BCUT2D eigenvalue weighted by atomic mass is 10.0. The molecule has 1 fully saturated rings. The molecule has 24 heavy (non-hydrogen) atoms. The number of benzene rings is 2. The maximum absolute atomic E-state index is 12.9. The zero-order valence-corrected chi connectivity index (χ0v) is 14.8. The number of hydrogen-bond donors (Lipinski definition) is 0. The van der Waals surface area contributed by atoms with Gasteiger partial charge in [-0.05, 0) is 36.6 Å². The van der Waals surface area contributed by atoms with Gasteiger partial charge in [-0.2, -0.15) is 0 Å². The van der Waals surface area contributed by atoms with Crippen LogP contribution in [0.2, 0.25) is 5.02 Å². The van der Waals surface area contributed by atoms with Crippen molar-refractivity contribution >= 4 is 27.3 Å². The SMILES string of the molecule is CS(=O)(=O)c1cc(C(=O)N2CCCC2c2ccccc2)ccc1Cl. The molecule has 0 saturated carbocycles. The lowest BCUT2D eigenvalue weighted by Crippen LogP contribution is -2.30. The lowest BCUT2D eigenvalue weighted by Gasteiger charge is -2.25. The molecule has 1 aliphatic rings. The maximum Gasteiger partial charge on any atom is 0.254 e. The zero-order chi connectivity index (χ0) is 17.3. The summed E-state index contributed by atoms with van der Waals surface area (Å²) in [6, 6.07) is 14.3. The fraction of sp³-hybridized carbons (Fsp3) is 0.278. The van der Waals surface area contributed by atoms with E-state index in [4.69, 9.17) is 11.6 Å². The van der Waals surface area contributed by atoms with Gasteiger partial charge >= 0.3 is 0 Å². The molecule has 0 radical (unpaired) electrons. The largest absolute Gasteiger partial charge is 0.332 e. The van der Waals surface area contributed by atoms with E-state index >= 15 is 0 Å². The van der Waals surface area contributed by atoms with E-state index in [1.807, 2.05) is 35.2 Å². The highest BCUT2D eigenvalue weighted by Gasteiger charge is 2.31. The van der Waals surface area contributed by atoms with Crippen molar-refractivity contribution in [1.82, 2.24) is 4.90 Å². The Kier molecular flexibility index (Phi) is 4.65. The summed E-state index contributed by atoms with van der Waals surface area (Å²) >= 11 is 5.97. The Labute approximate surface area is 147 Å². The average molecular weight is 364 g/mol. The number of likely N-dealkylation sites (tertiary alicyclic amines) is 1. The maximum atomic E-state index is 12.9. The Balaban J connectivity index is 1.94. The summed E-state index contributed by atoms with van der Waals surface area (Å²) in [5.74, 6) is -0.164. The molecule has 3 rings (SSSR count). The third kappa shape index (κ3) is 3.32. The highest BCUT2D eigenvalue weighted by Crippen LogP contribution is 2.33. The Morgan fingerprint density at radius 2 is 1.88 bits per heavy atom. The third-order valence-electron chi connectivity index (χ3n) is 4.28. The van der Waals surface area contributed by atoms with Crippen LogP contribution >= 0.6 is 11.6 Å². The molecule has 4 nitrogen and oxygen atoms in total. The van der Waals surface area contributed by atoms with Crippen LogP contribution in [0.25, 0.3) is 0 Å². The topological polar surface area (TPSA) is 54.5 Å². The summed E-state index contributed by atoms with van der Waals surface area (Å²) in [6.07, 6.45) is 2.92. The van der Waals surface area contributed by atoms with Gasteiger partial charge in [-0.3, -0.25) is 4.79 Å². The molecule has 1 atom stereocenters. The fourth-order valence-corrected chi connectivity index (χ4v) is 4.42. The van der Waals surface area contributed by atoms with Crippen LogP contribution in [0.15, 0.2) is 53.4 Å². The number of sulfone groups is 1. The number of rotatable bonds is 3. The lowest BCUT2D eigenvalue weighted by molar-refractivity contribution is 0.0735. The van der Waals surface area contributed by atoms with Crippen LogP contribution in [0.5, 0.6) is 0 Å². The molecule has 6 heteroatoms. The molecule has 0 N–H and O–H groups in total. The van der Waals surface area contributed by atoms with Crippen molar-refractivity contribution < 1.29 is 13.2 Å². The summed E-state index contributed by atoms with van der Waals surface area (Å²) in [7, 11) is -3.48. The van der Waals surface area contributed by atoms with E-state index in [1.54, 1.807) is 6.07 Å². The predicted octanol–water partition coefficient (Wildman–Crippen LogP) is 3.72. The molecule has 1 saturated heterocycles. The van der Waals surface area contributed by atoms with E-state index in [0.29, 0.717) is 12.1 Å². The van der Waals surface area contributed by atoms with Gasteiger partial charge in [0.15, 0.2) is 9.84 Å². The number of amides is 1. The van der Waals surface area contributed by atoms with Gasteiger partial charge in [0.1, 0.15) is 0 Å². The van der Waals surface area contributed by atoms with E-state index in [-0.39, 0.29) is 21.9 Å². The quantitative estimate of drug-likeness (QED) is 0.835. The van der Waals surface area contributed by atoms with Crippen molar-refractivity contribution in [2.75, 3.05) is 12.8 Å². The Morgan fingerprint density at radius 1 is 1.17 bits per heavy atom. The molecule has 2 aromatic carbocycles. The fourth-order valence-electron chi connectivity index (χ4n) is 3.12. The minimum absolute atomic E-state index is 0.00882. The van der Waals surface area contributed by atoms with Crippen molar-refractivity contribution in [3.8, 4) is 0 Å². The second kappa shape index (κ2) is 6.57. The first-order valence-electron chi connectivity index (χ1n) is 7.73. The van der Waals surface area contributed by atoms with Crippen molar-refractivity contribution in [3.63, 3.8) is 0 Å². The van der Waals surface area contributed by atoms with Gasteiger partial charge < -0.3 is 4.90 Å². The van der Waals surface area contributed by atoms with Gasteiger partial charge in [0.2, 0.25) is 0 Å². The third-order valence-corrected chi connectivity index (χ3v) is 5.85. The first-order chi connectivity index (χ1) is 11.4. The molecule has 0 aliphatic carbocycles. The molecule has 126 valence electrons. The van der Waals surface area contributed by atoms with E-state index in [9.17, 15) is 13.2 Å². The van der Waals surface area contributed by atoms with Crippen LogP contribution in [-0.4, -0.2) is 32.0 Å². The molecule has 1 heterocycles.